The Morgan fingerprint density at radius 2 is 1.86 bits per heavy atom. The van der Waals surface area contributed by atoms with Crippen LogP contribution >= 0.6 is 12.2 Å². The van der Waals surface area contributed by atoms with Gasteiger partial charge in [-0.05, 0) is 67.4 Å². The predicted molar refractivity (Wildman–Crippen MR) is 92.7 cm³/mol. The maximum atomic E-state index is 5.51. The largest absolute Gasteiger partial charge is 0.353 e. The van der Waals surface area contributed by atoms with E-state index in [0.29, 0.717) is 5.11 Å². The van der Waals surface area contributed by atoms with E-state index in [4.69, 9.17) is 12.2 Å². The van der Waals surface area contributed by atoms with Crippen LogP contribution in [0, 0.1) is 6.92 Å². The van der Waals surface area contributed by atoms with E-state index < -0.39 is 0 Å². The molecular formula is C17H20N4S. The molecule has 2 aromatic heterocycles. The molecule has 0 aliphatic heterocycles. The molecule has 0 amide bonds. The number of aromatic nitrogens is 2. The van der Waals surface area contributed by atoms with Crippen LogP contribution in [0.3, 0.4) is 0 Å². The summed E-state index contributed by atoms with van der Waals surface area (Å²) in [6.45, 7) is 2.04. The van der Waals surface area contributed by atoms with Gasteiger partial charge < -0.3 is 10.6 Å². The van der Waals surface area contributed by atoms with Gasteiger partial charge in [0.05, 0.1) is 5.54 Å². The van der Waals surface area contributed by atoms with E-state index in [9.17, 15) is 0 Å². The van der Waals surface area contributed by atoms with Crippen LogP contribution in [-0.2, 0) is 5.54 Å². The molecule has 22 heavy (non-hydrogen) atoms. The van der Waals surface area contributed by atoms with Crippen LogP contribution in [0.1, 0.15) is 36.8 Å². The molecular weight excluding hydrogens is 292 g/mol. The Hall–Kier alpha value is -2.01. The van der Waals surface area contributed by atoms with Crippen molar-refractivity contribution < 1.29 is 0 Å². The van der Waals surface area contributed by atoms with Crippen molar-refractivity contribution in [3.63, 3.8) is 0 Å². The Morgan fingerprint density at radius 1 is 1.14 bits per heavy atom. The summed E-state index contributed by atoms with van der Waals surface area (Å²) in [5, 5.41) is 7.35. The second kappa shape index (κ2) is 6.40. The SMILES string of the molecule is Cc1ccnc(NC(=S)NC2(c3ccncc3)CCCC2)c1. The lowest BCUT2D eigenvalue weighted by molar-refractivity contribution is 0.408. The lowest BCUT2D eigenvalue weighted by Gasteiger charge is -2.32. The van der Waals surface area contributed by atoms with Crippen LogP contribution in [0.5, 0.6) is 0 Å². The van der Waals surface area contributed by atoms with Gasteiger partial charge in [-0.1, -0.05) is 12.8 Å². The first-order valence-corrected chi connectivity index (χ1v) is 8.01. The van der Waals surface area contributed by atoms with Crippen molar-refractivity contribution in [2.24, 2.45) is 0 Å². The molecule has 114 valence electrons. The molecule has 0 saturated heterocycles. The number of nitrogens with zero attached hydrogens (tertiary/aromatic N) is 2. The first-order valence-electron chi connectivity index (χ1n) is 7.60. The van der Waals surface area contributed by atoms with Crippen molar-refractivity contribution in [1.29, 1.82) is 0 Å². The maximum absolute atomic E-state index is 5.51. The molecule has 1 saturated carbocycles. The van der Waals surface area contributed by atoms with Gasteiger partial charge in [0.1, 0.15) is 5.82 Å². The number of rotatable bonds is 3. The Kier molecular flexibility index (Phi) is 4.34. The zero-order valence-electron chi connectivity index (χ0n) is 12.7. The average molecular weight is 312 g/mol. The molecule has 0 atom stereocenters. The van der Waals surface area contributed by atoms with Crippen molar-refractivity contribution in [2.45, 2.75) is 38.1 Å². The highest BCUT2D eigenvalue weighted by Crippen LogP contribution is 2.38. The van der Waals surface area contributed by atoms with Crippen LogP contribution in [0.4, 0.5) is 5.82 Å². The van der Waals surface area contributed by atoms with Crippen LogP contribution < -0.4 is 10.6 Å². The van der Waals surface area contributed by atoms with Gasteiger partial charge in [0.25, 0.3) is 0 Å². The lowest BCUT2D eigenvalue weighted by Crippen LogP contribution is -2.45. The number of hydrogen-bond acceptors (Lipinski definition) is 3. The van der Waals surface area contributed by atoms with Gasteiger partial charge in [-0.3, -0.25) is 4.98 Å². The van der Waals surface area contributed by atoms with Gasteiger partial charge in [0, 0.05) is 18.6 Å². The van der Waals surface area contributed by atoms with Gasteiger partial charge in [-0.25, -0.2) is 4.98 Å². The molecule has 2 aromatic rings. The minimum atomic E-state index is -0.0865. The van der Waals surface area contributed by atoms with Crippen LogP contribution in [0.15, 0.2) is 42.9 Å². The second-order valence-corrected chi connectivity index (χ2v) is 6.23. The molecule has 0 bridgehead atoms. The smallest absolute Gasteiger partial charge is 0.172 e. The highest BCUT2D eigenvalue weighted by atomic mass is 32.1. The fraction of sp³-hybridized carbons (Fsp3) is 0.353. The van der Waals surface area contributed by atoms with Crippen LogP contribution in [0.2, 0.25) is 0 Å². The van der Waals surface area contributed by atoms with Gasteiger partial charge in [-0.15, -0.1) is 0 Å². The molecule has 0 radical (unpaired) electrons. The van der Waals surface area contributed by atoms with Crippen molar-refractivity contribution >= 4 is 23.1 Å². The molecule has 0 spiro atoms. The molecule has 3 rings (SSSR count). The lowest BCUT2D eigenvalue weighted by atomic mass is 9.89. The number of pyridine rings is 2. The zero-order chi connectivity index (χ0) is 15.4. The summed E-state index contributed by atoms with van der Waals surface area (Å²) >= 11 is 5.51. The monoisotopic (exact) mass is 312 g/mol. The standard InChI is InChI=1S/C17H20N4S/c1-13-4-11-19-15(12-13)20-16(22)21-17(7-2-3-8-17)14-5-9-18-10-6-14/h4-6,9-12H,2-3,7-8H2,1H3,(H2,19,20,21,22). The molecule has 1 aliphatic carbocycles. The van der Waals surface area contributed by atoms with Crippen LogP contribution in [-0.4, -0.2) is 15.1 Å². The van der Waals surface area contributed by atoms with E-state index in [0.717, 1.165) is 24.2 Å². The van der Waals surface area contributed by atoms with E-state index >= 15 is 0 Å². The molecule has 0 aromatic carbocycles. The number of nitrogens with one attached hydrogen (secondary N) is 2. The molecule has 1 aliphatic rings. The summed E-state index contributed by atoms with van der Waals surface area (Å²) in [6.07, 6.45) is 10.1. The predicted octanol–water partition coefficient (Wildman–Crippen LogP) is 3.54. The van der Waals surface area contributed by atoms with Gasteiger partial charge in [0.15, 0.2) is 5.11 Å². The van der Waals surface area contributed by atoms with E-state index in [1.807, 2.05) is 31.5 Å². The Morgan fingerprint density at radius 3 is 2.55 bits per heavy atom. The van der Waals surface area contributed by atoms with Crippen molar-refractivity contribution in [1.82, 2.24) is 15.3 Å². The third-order valence-electron chi connectivity index (χ3n) is 4.20. The average Bonchev–Trinajstić information content (AvgIpc) is 2.98. The van der Waals surface area contributed by atoms with Gasteiger partial charge in [0.2, 0.25) is 0 Å². The van der Waals surface area contributed by atoms with E-state index in [-0.39, 0.29) is 5.54 Å². The van der Waals surface area contributed by atoms with Gasteiger partial charge >= 0.3 is 0 Å². The molecule has 2 heterocycles. The first-order chi connectivity index (χ1) is 10.7. The van der Waals surface area contributed by atoms with Crippen molar-refractivity contribution in [3.05, 3.63) is 54.0 Å². The summed E-state index contributed by atoms with van der Waals surface area (Å²) < 4.78 is 0. The highest BCUT2D eigenvalue weighted by molar-refractivity contribution is 7.80. The summed E-state index contributed by atoms with van der Waals surface area (Å²) in [5.41, 5.74) is 2.32. The van der Waals surface area contributed by atoms with E-state index in [1.54, 1.807) is 6.20 Å². The van der Waals surface area contributed by atoms with E-state index in [1.165, 1.54) is 18.4 Å². The second-order valence-electron chi connectivity index (χ2n) is 5.82. The summed E-state index contributed by atoms with van der Waals surface area (Å²) in [4.78, 5) is 8.42. The van der Waals surface area contributed by atoms with Crippen molar-refractivity contribution in [2.75, 3.05) is 5.32 Å². The third-order valence-corrected chi connectivity index (χ3v) is 4.40. The number of anilines is 1. The molecule has 5 heteroatoms. The molecule has 2 N–H and O–H groups in total. The fourth-order valence-electron chi connectivity index (χ4n) is 3.10. The summed E-state index contributed by atoms with van der Waals surface area (Å²) in [7, 11) is 0. The highest BCUT2D eigenvalue weighted by Gasteiger charge is 2.36. The van der Waals surface area contributed by atoms with Gasteiger partial charge in [-0.2, -0.15) is 0 Å². The Labute approximate surface area is 136 Å². The first kappa shape index (κ1) is 14.9. The number of aryl methyl sites for hydroxylation is 1. The topological polar surface area (TPSA) is 49.8 Å². The Balaban J connectivity index is 1.76. The summed E-state index contributed by atoms with van der Waals surface area (Å²) in [6, 6.07) is 8.11. The Bertz CT molecular complexity index is 651. The minimum absolute atomic E-state index is 0.0865. The zero-order valence-corrected chi connectivity index (χ0v) is 13.5. The summed E-state index contributed by atoms with van der Waals surface area (Å²) in [5.74, 6) is 0.778. The third kappa shape index (κ3) is 3.25. The minimum Gasteiger partial charge on any atom is -0.353 e. The molecule has 0 unspecified atom stereocenters. The fourth-order valence-corrected chi connectivity index (χ4v) is 3.40. The molecule has 1 fully saturated rings. The van der Waals surface area contributed by atoms with Crippen molar-refractivity contribution in [3.8, 4) is 0 Å². The maximum Gasteiger partial charge on any atom is 0.172 e. The van der Waals surface area contributed by atoms with Crippen LogP contribution in [0.25, 0.3) is 0 Å². The quantitative estimate of drug-likeness (QED) is 0.849. The van der Waals surface area contributed by atoms with E-state index in [2.05, 4.69) is 32.7 Å². The number of hydrogen-bond donors (Lipinski definition) is 2. The number of thiocarbonyl (C=S) groups is 1. The molecule has 4 nitrogen and oxygen atoms in total. The normalized spacial score (nSPS) is 16.2.